The maximum atomic E-state index is 13.0. The molecule has 3 aromatic rings. The van der Waals surface area contributed by atoms with E-state index < -0.39 is 17.2 Å². The summed E-state index contributed by atoms with van der Waals surface area (Å²) < 4.78 is 3.04. The lowest BCUT2D eigenvalue weighted by Crippen LogP contribution is -2.39. The largest absolute Gasteiger partial charge is 0.383 e. The number of unbranched alkanes of at least 4 members (excludes halogenated alkanes) is 1. The predicted octanol–water partition coefficient (Wildman–Crippen LogP) is 1.52. The third-order valence-electron chi connectivity index (χ3n) is 4.76. The number of nitrogens with zero attached hydrogens (tertiary/aromatic N) is 5. The van der Waals surface area contributed by atoms with Crippen molar-refractivity contribution in [3.8, 4) is 0 Å². The topological polar surface area (TPSA) is 132 Å². The van der Waals surface area contributed by atoms with Crippen LogP contribution in [0.1, 0.15) is 50.0 Å². The van der Waals surface area contributed by atoms with Gasteiger partial charge in [0.05, 0.1) is 11.8 Å². The van der Waals surface area contributed by atoms with Crippen molar-refractivity contribution in [2.45, 2.75) is 46.2 Å². The van der Waals surface area contributed by atoms with Crippen molar-refractivity contribution in [3.63, 3.8) is 0 Å². The zero-order valence-electron chi connectivity index (χ0n) is 17.0. The molecular weight excluding hydrogens is 374 g/mol. The molecule has 0 fully saturated rings. The molecule has 0 saturated carbocycles. The quantitative estimate of drug-likeness (QED) is 0.646. The first-order chi connectivity index (χ1) is 13.8. The summed E-state index contributed by atoms with van der Waals surface area (Å²) in [6, 6.07) is 1.80. The number of anilines is 2. The number of fused-ring (bicyclic) bond motifs is 1. The van der Waals surface area contributed by atoms with E-state index in [1.54, 1.807) is 16.9 Å². The first kappa shape index (κ1) is 20.3. The maximum Gasteiger partial charge on any atom is 0.330 e. The van der Waals surface area contributed by atoms with Crippen molar-refractivity contribution in [2.24, 2.45) is 0 Å². The van der Waals surface area contributed by atoms with E-state index in [0.29, 0.717) is 24.0 Å². The van der Waals surface area contributed by atoms with Crippen LogP contribution >= 0.6 is 0 Å². The number of carbonyl (C=O) groups excluding carboxylic acids is 1. The highest BCUT2D eigenvalue weighted by atomic mass is 16.2. The smallest absolute Gasteiger partial charge is 0.330 e. The van der Waals surface area contributed by atoms with Crippen LogP contribution in [0.15, 0.2) is 28.0 Å². The third kappa shape index (κ3) is 3.65. The molecule has 154 valence electrons. The summed E-state index contributed by atoms with van der Waals surface area (Å²) in [5.74, 6) is -0.501. The SMILES string of the molecule is CCCCn1c(N)c(N(C)C(=O)c2cnc3c(cnn3C(C)C)c2)c(=O)[nH]c1=O. The Morgan fingerprint density at radius 2 is 2.03 bits per heavy atom. The summed E-state index contributed by atoms with van der Waals surface area (Å²) in [7, 11) is 1.44. The molecule has 3 heterocycles. The predicted molar refractivity (Wildman–Crippen MR) is 111 cm³/mol. The third-order valence-corrected chi connectivity index (χ3v) is 4.76. The van der Waals surface area contributed by atoms with Crippen LogP contribution in [0.25, 0.3) is 11.0 Å². The van der Waals surface area contributed by atoms with E-state index in [-0.39, 0.29) is 23.1 Å². The molecule has 3 N–H and O–H groups in total. The molecule has 0 atom stereocenters. The highest BCUT2D eigenvalue weighted by Crippen LogP contribution is 2.21. The first-order valence-corrected chi connectivity index (χ1v) is 9.50. The fraction of sp³-hybridized carbons (Fsp3) is 0.421. The standard InChI is InChI=1S/C19H25N7O3/c1-5-6-7-25-15(20)14(17(27)23-19(25)29)24(4)18(28)13-8-12-10-22-26(11(2)3)16(12)21-9-13/h8-11H,5-7,20H2,1-4H3,(H,23,27,29). The van der Waals surface area contributed by atoms with E-state index >= 15 is 0 Å². The Balaban J connectivity index is 2.01. The maximum absolute atomic E-state index is 13.0. The molecule has 3 rings (SSSR count). The minimum Gasteiger partial charge on any atom is -0.383 e. The second-order valence-electron chi connectivity index (χ2n) is 7.18. The lowest BCUT2D eigenvalue weighted by Gasteiger charge is -2.20. The number of aromatic amines is 1. The van der Waals surface area contributed by atoms with Crippen LogP contribution in [-0.2, 0) is 6.54 Å². The summed E-state index contributed by atoms with van der Waals surface area (Å²) in [6.07, 6.45) is 4.66. The van der Waals surface area contributed by atoms with Crippen molar-refractivity contribution in [3.05, 3.63) is 44.9 Å². The van der Waals surface area contributed by atoms with Gasteiger partial charge in [-0.1, -0.05) is 13.3 Å². The molecule has 10 heteroatoms. The number of rotatable bonds is 6. The monoisotopic (exact) mass is 399 g/mol. The van der Waals surface area contributed by atoms with Gasteiger partial charge in [-0.05, 0) is 26.3 Å². The molecule has 0 aromatic carbocycles. The fourth-order valence-corrected chi connectivity index (χ4v) is 3.17. The van der Waals surface area contributed by atoms with Gasteiger partial charge in [-0.25, -0.2) is 14.5 Å². The van der Waals surface area contributed by atoms with E-state index in [1.165, 1.54) is 17.8 Å². The van der Waals surface area contributed by atoms with Crippen LogP contribution < -0.4 is 21.9 Å². The number of carbonyl (C=O) groups is 1. The van der Waals surface area contributed by atoms with E-state index in [2.05, 4.69) is 15.1 Å². The first-order valence-electron chi connectivity index (χ1n) is 9.50. The van der Waals surface area contributed by atoms with Crippen molar-refractivity contribution in [1.82, 2.24) is 24.3 Å². The van der Waals surface area contributed by atoms with E-state index in [9.17, 15) is 14.4 Å². The van der Waals surface area contributed by atoms with Gasteiger partial charge >= 0.3 is 5.69 Å². The van der Waals surface area contributed by atoms with Gasteiger partial charge in [0.25, 0.3) is 11.5 Å². The Hall–Kier alpha value is -3.43. The van der Waals surface area contributed by atoms with Crippen LogP contribution in [0.2, 0.25) is 0 Å². The normalized spacial score (nSPS) is 11.3. The molecule has 0 saturated heterocycles. The van der Waals surface area contributed by atoms with Crippen molar-refractivity contribution in [1.29, 1.82) is 0 Å². The lowest BCUT2D eigenvalue weighted by molar-refractivity contribution is 0.0992. The van der Waals surface area contributed by atoms with Gasteiger partial charge in [0.2, 0.25) is 0 Å². The summed E-state index contributed by atoms with van der Waals surface area (Å²) in [5, 5.41) is 5.01. The number of aromatic nitrogens is 5. The number of hydrogen-bond acceptors (Lipinski definition) is 6. The Bertz CT molecular complexity index is 1170. The lowest BCUT2D eigenvalue weighted by atomic mass is 10.2. The number of amides is 1. The zero-order valence-corrected chi connectivity index (χ0v) is 17.0. The minimum atomic E-state index is -0.710. The number of nitrogen functional groups attached to an aromatic ring is 1. The van der Waals surface area contributed by atoms with Crippen LogP contribution in [0.5, 0.6) is 0 Å². The van der Waals surface area contributed by atoms with Crippen molar-refractivity contribution >= 4 is 28.4 Å². The molecule has 0 aliphatic rings. The van der Waals surface area contributed by atoms with Crippen LogP contribution in [-0.4, -0.2) is 37.3 Å². The Morgan fingerprint density at radius 3 is 2.69 bits per heavy atom. The van der Waals surface area contributed by atoms with E-state index in [4.69, 9.17) is 5.73 Å². The van der Waals surface area contributed by atoms with Crippen LogP contribution in [0.4, 0.5) is 11.5 Å². The molecule has 0 bridgehead atoms. The highest BCUT2D eigenvalue weighted by Gasteiger charge is 2.23. The molecule has 0 spiro atoms. The van der Waals surface area contributed by atoms with E-state index in [0.717, 1.165) is 11.3 Å². The van der Waals surface area contributed by atoms with Gasteiger partial charge in [-0.15, -0.1) is 0 Å². The average Bonchev–Trinajstić information content (AvgIpc) is 3.10. The Labute approximate surface area is 167 Å². The van der Waals surface area contributed by atoms with Crippen LogP contribution in [0.3, 0.4) is 0 Å². The van der Waals surface area contributed by atoms with E-state index in [1.807, 2.05) is 20.8 Å². The average molecular weight is 399 g/mol. The van der Waals surface area contributed by atoms with Crippen LogP contribution in [0, 0.1) is 0 Å². The molecule has 1 amide bonds. The van der Waals surface area contributed by atoms with Crippen molar-refractivity contribution in [2.75, 3.05) is 17.7 Å². The van der Waals surface area contributed by atoms with Gasteiger partial charge in [0.1, 0.15) is 5.82 Å². The van der Waals surface area contributed by atoms with Gasteiger partial charge in [0.15, 0.2) is 11.3 Å². The zero-order chi connectivity index (χ0) is 21.3. The van der Waals surface area contributed by atoms with Crippen molar-refractivity contribution < 1.29 is 4.79 Å². The summed E-state index contributed by atoms with van der Waals surface area (Å²) >= 11 is 0. The number of pyridine rings is 1. The number of hydrogen-bond donors (Lipinski definition) is 2. The molecule has 3 aromatic heterocycles. The number of nitrogens with two attached hydrogens (primary N) is 1. The second kappa shape index (κ2) is 7.90. The van der Waals surface area contributed by atoms with Gasteiger partial charge in [-0.2, -0.15) is 5.10 Å². The highest BCUT2D eigenvalue weighted by molar-refractivity contribution is 6.07. The molecule has 10 nitrogen and oxygen atoms in total. The Morgan fingerprint density at radius 1 is 1.31 bits per heavy atom. The Kier molecular flexibility index (Phi) is 5.53. The van der Waals surface area contributed by atoms with Gasteiger partial charge in [0, 0.05) is 31.2 Å². The summed E-state index contributed by atoms with van der Waals surface area (Å²) in [6.45, 7) is 6.32. The minimum absolute atomic E-state index is 0.0373. The summed E-state index contributed by atoms with van der Waals surface area (Å²) in [4.78, 5) is 45.2. The van der Waals surface area contributed by atoms with Gasteiger partial charge in [-0.3, -0.25) is 19.1 Å². The summed E-state index contributed by atoms with van der Waals surface area (Å²) in [5.41, 5.74) is 5.68. The number of nitrogens with one attached hydrogen (secondary N) is 1. The molecular formula is C19H25N7O3. The molecule has 0 aliphatic heterocycles. The van der Waals surface area contributed by atoms with Gasteiger partial charge < -0.3 is 10.6 Å². The second-order valence-corrected chi connectivity index (χ2v) is 7.18. The number of H-pyrrole nitrogens is 1. The molecule has 0 aliphatic carbocycles. The fourth-order valence-electron chi connectivity index (χ4n) is 3.17. The molecule has 0 radical (unpaired) electrons. The molecule has 0 unspecified atom stereocenters. The molecule has 29 heavy (non-hydrogen) atoms.